The molecule has 1 N–H and O–H groups in total. The van der Waals surface area contributed by atoms with E-state index in [1.165, 1.54) is 0 Å². The molecule has 0 amide bonds. The molecule has 0 saturated heterocycles. The second-order valence-electron chi connectivity index (χ2n) is 4.32. The van der Waals surface area contributed by atoms with Crippen molar-refractivity contribution < 1.29 is 4.74 Å². The predicted molar refractivity (Wildman–Crippen MR) is 66.3 cm³/mol. The molecule has 15 heavy (non-hydrogen) atoms. The van der Waals surface area contributed by atoms with Gasteiger partial charge < -0.3 is 10.1 Å². The summed E-state index contributed by atoms with van der Waals surface area (Å²) in [5.41, 5.74) is 0. The van der Waals surface area contributed by atoms with Gasteiger partial charge in [-0.15, -0.1) is 0 Å². The van der Waals surface area contributed by atoms with Crippen molar-refractivity contribution >= 4 is 0 Å². The first-order valence-electron chi connectivity index (χ1n) is 6.08. The summed E-state index contributed by atoms with van der Waals surface area (Å²) in [5.74, 6) is 0. The van der Waals surface area contributed by atoms with Crippen LogP contribution in [0.15, 0.2) is 0 Å². The Morgan fingerprint density at radius 3 is 2.40 bits per heavy atom. The second kappa shape index (κ2) is 9.13. The molecule has 0 aliphatic rings. The van der Waals surface area contributed by atoms with Gasteiger partial charge in [-0.3, -0.25) is 4.90 Å². The zero-order chi connectivity index (χ0) is 11.7. The number of hydrogen-bond donors (Lipinski definition) is 1. The molecule has 3 heteroatoms. The highest BCUT2D eigenvalue weighted by atomic mass is 16.5. The van der Waals surface area contributed by atoms with Crippen LogP contribution in [-0.4, -0.2) is 50.3 Å². The molecule has 1 atom stereocenters. The zero-order valence-corrected chi connectivity index (χ0v) is 11.0. The molecule has 0 radical (unpaired) electrons. The first kappa shape index (κ1) is 14.9. The molecule has 0 aromatic carbocycles. The molecule has 0 heterocycles. The summed E-state index contributed by atoms with van der Waals surface area (Å²) in [5, 5.41) is 3.47. The van der Waals surface area contributed by atoms with Crippen LogP contribution < -0.4 is 5.32 Å². The van der Waals surface area contributed by atoms with E-state index >= 15 is 0 Å². The molecule has 3 nitrogen and oxygen atoms in total. The molecule has 1 unspecified atom stereocenters. The summed E-state index contributed by atoms with van der Waals surface area (Å²) >= 11 is 0. The monoisotopic (exact) mass is 216 g/mol. The Labute approximate surface area is 95.2 Å². The summed E-state index contributed by atoms with van der Waals surface area (Å²) < 4.78 is 5.01. The lowest BCUT2D eigenvalue weighted by molar-refractivity contribution is 0.166. The van der Waals surface area contributed by atoms with Gasteiger partial charge in [0.25, 0.3) is 0 Å². The van der Waals surface area contributed by atoms with Crippen LogP contribution >= 0.6 is 0 Å². The Bertz CT molecular complexity index is 140. The predicted octanol–water partition coefficient (Wildman–Crippen LogP) is 1.73. The van der Waals surface area contributed by atoms with Crippen molar-refractivity contribution in [3.63, 3.8) is 0 Å². The van der Waals surface area contributed by atoms with Crippen LogP contribution in [0.4, 0.5) is 0 Å². The van der Waals surface area contributed by atoms with Crippen LogP contribution in [0, 0.1) is 0 Å². The van der Waals surface area contributed by atoms with Gasteiger partial charge in [-0.05, 0) is 40.3 Å². The van der Waals surface area contributed by atoms with Crippen molar-refractivity contribution in [1.82, 2.24) is 10.2 Å². The molecule has 0 saturated carbocycles. The standard InChI is InChI=1S/C12H28N2O/c1-6-14(11(2)3)12(4)10-13-8-7-9-15-5/h11-13H,6-10H2,1-5H3. The molecule has 0 aliphatic carbocycles. The normalized spacial score (nSPS) is 13.8. The van der Waals surface area contributed by atoms with Crippen molar-refractivity contribution in [2.75, 3.05) is 33.4 Å². The lowest BCUT2D eigenvalue weighted by atomic mass is 10.2. The Balaban J connectivity index is 3.57. The van der Waals surface area contributed by atoms with Crippen LogP contribution in [0.3, 0.4) is 0 Å². The minimum absolute atomic E-state index is 0.609. The third-order valence-corrected chi connectivity index (χ3v) is 2.74. The van der Waals surface area contributed by atoms with E-state index < -0.39 is 0 Å². The van der Waals surface area contributed by atoms with Crippen LogP contribution in [0.2, 0.25) is 0 Å². The lowest BCUT2D eigenvalue weighted by Crippen LogP contribution is -2.44. The van der Waals surface area contributed by atoms with Crippen molar-refractivity contribution in [3.8, 4) is 0 Å². The fourth-order valence-corrected chi connectivity index (χ4v) is 1.96. The maximum Gasteiger partial charge on any atom is 0.0474 e. The van der Waals surface area contributed by atoms with Gasteiger partial charge in [-0.1, -0.05) is 6.92 Å². The molecule has 0 bridgehead atoms. The van der Waals surface area contributed by atoms with Gasteiger partial charge >= 0.3 is 0 Å². The van der Waals surface area contributed by atoms with Gasteiger partial charge in [0.05, 0.1) is 0 Å². The summed E-state index contributed by atoms with van der Waals surface area (Å²) in [6.07, 6.45) is 1.09. The summed E-state index contributed by atoms with van der Waals surface area (Å²) in [6.45, 7) is 13.1. The molecule has 0 aromatic rings. The number of nitrogens with one attached hydrogen (secondary N) is 1. The van der Waals surface area contributed by atoms with E-state index in [0.717, 1.165) is 32.7 Å². The Morgan fingerprint density at radius 2 is 1.93 bits per heavy atom. The summed E-state index contributed by atoms with van der Waals surface area (Å²) in [6, 6.07) is 1.24. The van der Waals surface area contributed by atoms with Gasteiger partial charge in [0, 0.05) is 32.3 Å². The van der Waals surface area contributed by atoms with Crippen LogP contribution in [0.1, 0.15) is 34.1 Å². The molecule has 0 aliphatic heterocycles. The quantitative estimate of drug-likeness (QED) is 0.594. The third-order valence-electron chi connectivity index (χ3n) is 2.74. The molecule has 0 spiro atoms. The summed E-state index contributed by atoms with van der Waals surface area (Å²) in [4.78, 5) is 2.50. The van der Waals surface area contributed by atoms with Gasteiger partial charge in [0.15, 0.2) is 0 Å². The maximum absolute atomic E-state index is 5.01. The van der Waals surface area contributed by atoms with Crippen molar-refractivity contribution in [1.29, 1.82) is 0 Å². The average Bonchev–Trinajstić information content (AvgIpc) is 2.18. The first-order valence-corrected chi connectivity index (χ1v) is 6.08. The van der Waals surface area contributed by atoms with Gasteiger partial charge in [0.2, 0.25) is 0 Å². The zero-order valence-electron chi connectivity index (χ0n) is 11.0. The molecule has 92 valence electrons. The van der Waals surface area contributed by atoms with E-state index in [2.05, 4.69) is 37.9 Å². The van der Waals surface area contributed by atoms with E-state index in [1.807, 2.05) is 0 Å². The van der Waals surface area contributed by atoms with Gasteiger partial charge in [0.1, 0.15) is 0 Å². The number of hydrogen-bond acceptors (Lipinski definition) is 3. The second-order valence-corrected chi connectivity index (χ2v) is 4.32. The summed E-state index contributed by atoms with van der Waals surface area (Å²) in [7, 11) is 1.75. The van der Waals surface area contributed by atoms with E-state index in [0.29, 0.717) is 12.1 Å². The van der Waals surface area contributed by atoms with Crippen LogP contribution in [0.25, 0.3) is 0 Å². The maximum atomic E-state index is 5.01. The van der Waals surface area contributed by atoms with Crippen molar-refractivity contribution in [2.24, 2.45) is 0 Å². The highest BCUT2D eigenvalue weighted by Crippen LogP contribution is 2.03. The van der Waals surface area contributed by atoms with Crippen LogP contribution in [-0.2, 0) is 4.74 Å². The average molecular weight is 216 g/mol. The third kappa shape index (κ3) is 6.88. The molecular formula is C12H28N2O. The number of likely N-dealkylation sites (N-methyl/N-ethyl adjacent to an activating group) is 1. The topological polar surface area (TPSA) is 24.5 Å². The molecule has 0 rings (SSSR count). The van der Waals surface area contributed by atoms with Gasteiger partial charge in [-0.2, -0.15) is 0 Å². The first-order chi connectivity index (χ1) is 7.13. The smallest absolute Gasteiger partial charge is 0.0474 e. The minimum Gasteiger partial charge on any atom is -0.385 e. The minimum atomic E-state index is 0.609. The molecular weight excluding hydrogens is 188 g/mol. The number of ether oxygens (including phenoxy) is 1. The van der Waals surface area contributed by atoms with E-state index in [-0.39, 0.29) is 0 Å². The van der Waals surface area contributed by atoms with E-state index in [9.17, 15) is 0 Å². The number of rotatable bonds is 9. The Morgan fingerprint density at radius 1 is 1.27 bits per heavy atom. The number of methoxy groups -OCH3 is 1. The van der Waals surface area contributed by atoms with Crippen molar-refractivity contribution in [3.05, 3.63) is 0 Å². The highest BCUT2D eigenvalue weighted by molar-refractivity contribution is 4.71. The van der Waals surface area contributed by atoms with Crippen molar-refractivity contribution in [2.45, 2.75) is 46.2 Å². The Hall–Kier alpha value is -0.120. The van der Waals surface area contributed by atoms with Gasteiger partial charge in [-0.25, -0.2) is 0 Å². The SMILES string of the molecule is CCN(C(C)C)C(C)CNCCCOC. The van der Waals surface area contributed by atoms with E-state index in [4.69, 9.17) is 4.74 Å². The lowest BCUT2D eigenvalue weighted by Gasteiger charge is -2.31. The van der Waals surface area contributed by atoms with E-state index in [1.54, 1.807) is 7.11 Å². The number of nitrogens with zero attached hydrogens (tertiary/aromatic N) is 1. The molecule has 0 aromatic heterocycles. The molecule has 0 fully saturated rings. The Kier molecular flexibility index (Phi) is 9.06. The fraction of sp³-hybridized carbons (Fsp3) is 1.00. The highest BCUT2D eigenvalue weighted by Gasteiger charge is 2.13. The van der Waals surface area contributed by atoms with Crippen LogP contribution in [0.5, 0.6) is 0 Å². The largest absolute Gasteiger partial charge is 0.385 e. The fourth-order valence-electron chi connectivity index (χ4n) is 1.96.